The number of benzene rings is 2. The van der Waals surface area contributed by atoms with Crippen LogP contribution in [0.1, 0.15) is 22.5 Å². The number of hydrogen-bond donors (Lipinski definition) is 1. The molecule has 0 spiro atoms. The third kappa shape index (κ3) is 6.37. The molecule has 0 aliphatic rings. The number of amides is 1. The molecule has 0 saturated heterocycles. The maximum atomic E-state index is 12.4. The molecular weight excluding hydrogens is 422 g/mol. The molecule has 0 atom stereocenters. The molecule has 0 radical (unpaired) electrons. The summed E-state index contributed by atoms with van der Waals surface area (Å²) in [6, 6.07) is 14.5. The van der Waals surface area contributed by atoms with Gasteiger partial charge in [-0.1, -0.05) is 17.3 Å². The second kappa shape index (κ2) is 10.9. The van der Waals surface area contributed by atoms with E-state index in [0.29, 0.717) is 36.0 Å². The van der Waals surface area contributed by atoms with Crippen LogP contribution in [-0.2, 0) is 4.79 Å². The summed E-state index contributed by atoms with van der Waals surface area (Å²) >= 11 is 0. The Hall–Kier alpha value is -4.25. The number of carbonyl (C=O) groups excluding carboxylic acids is 1. The molecule has 2 aromatic carbocycles. The van der Waals surface area contributed by atoms with Crippen molar-refractivity contribution in [2.75, 3.05) is 25.6 Å². The molecule has 0 saturated carbocycles. The number of nitrogens with one attached hydrogen (secondary N) is 1. The quantitative estimate of drug-likeness (QED) is 0.290. The summed E-state index contributed by atoms with van der Waals surface area (Å²) in [4.78, 5) is 12.4. The van der Waals surface area contributed by atoms with Crippen LogP contribution in [0.25, 0.3) is 6.08 Å². The highest BCUT2D eigenvalue weighted by molar-refractivity contribution is 6.09. The van der Waals surface area contributed by atoms with Crippen molar-refractivity contribution in [1.82, 2.24) is 5.16 Å². The molecule has 1 N–H and O–H groups in total. The molecule has 0 aliphatic heterocycles. The predicted molar refractivity (Wildman–Crippen MR) is 123 cm³/mol. The average molecular weight is 447 g/mol. The molecule has 170 valence electrons. The average Bonchev–Trinajstić information content (AvgIpc) is 3.22. The first-order valence-electron chi connectivity index (χ1n) is 10.3. The van der Waals surface area contributed by atoms with E-state index in [2.05, 4.69) is 17.4 Å². The molecule has 8 nitrogen and oxygen atoms in total. The largest absolute Gasteiger partial charge is 0.493 e. The lowest BCUT2D eigenvalue weighted by atomic mass is 10.1. The highest BCUT2D eigenvalue weighted by atomic mass is 16.5. The summed E-state index contributed by atoms with van der Waals surface area (Å²) in [6.07, 6.45) is 1.46. The monoisotopic (exact) mass is 447 g/mol. The topological polar surface area (TPSA) is 107 Å². The molecule has 3 rings (SSSR count). The lowest BCUT2D eigenvalue weighted by molar-refractivity contribution is -0.112. The maximum Gasteiger partial charge on any atom is 0.267 e. The minimum Gasteiger partial charge on any atom is -0.493 e. The van der Waals surface area contributed by atoms with E-state index in [-0.39, 0.29) is 11.4 Å². The number of nitriles is 1. The van der Waals surface area contributed by atoms with Crippen LogP contribution >= 0.6 is 0 Å². The van der Waals surface area contributed by atoms with Gasteiger partial charge in [-0.05, 0) is 67.8 Å². The van der Waals surface area contributed by atoms with Crippen molar-refractivity contribution < 1.29 is 23.5 Å². The Kier molecular flexibility index (Phi) is 7.71. The van der Waals surface area contributed by atoms with Crippen LogP contribution in [0.5, 0.6) is 17.2 Å². The van der Waals surface area contributed by atoms with Gasteiger partial charge in [-0.25, -0.2) is 0 Å². The summed E-state index contributed by atoms with van der Waals surface area (Å²) in [5, 5.41) is 15.6. The number of nitrogens with zero attached hydrogens (tertiary/aromatic N) is 2. The standard InChI is InChI=1S/C25H25N3O5/c1-16-5-7-21(11-17(16)2)31-9-10-32-22-8-6-19(14-23(22)30-4)13-20(15-26)25(29)27-24-12-18(3)33-28-24/h5-8,11-14H,9-10H2,1-4H3,(H,27,28,29)/b20-13-. The van der Waals surface area contributed by atoms with Crippen LogP contribution in [0, 0.1) is 32.1 Å². The number of hydrogen-bond acceptors (Lipinski definition) is 7. The molecule has 0 aliphatic carbocycles. The number of aryl methyl sites for hydroxylation is 3. The molecule has 33 heavy (non-hydrogen) atoms. The number of rotatable bonds is 9. The first-order valence-corrected chi connectivity index (χ1v) is 10.3. The maximum absolute atomic E-state index is 12.4. The van der Waals surface area contributed by atoms with Gasteiger partial charge in [-0.3, -0.25) is 4.79 Å². The van der Waals surface area contributed by atoms with Crippen LogP contribution < -0.4 is 19.5 Å². The highest BCUT2D eigenvalue weighted by Gasteiger charge is 2.13. The molecule has 0 bridgehead atoms. The van der Waals surface area contributed by atoms with Crippen LogP contribution in [0.4, 0.5) is 5.82 Å². The number of aromatic nitrogens is 1. The van der Waals surface area contributed by atoms with Crippen molar-refractivity contribution in [2.45, 2.75) is 20.8 Å². The number of carbonyl (C=O) groups is 1. The van der Waals surface area contributed by atoms with E-state index in [1.165, 1.54) is 24.3 Å². The molecule has 1 aromatic heterocycles. The van der Waals surface area contributed by atoms with Gasteiger partial charge in [0, 0.05) is 6.07 Å². The molecule has 0 fully saturated rings. The second-order valence-corrected chi connectivity index (χ2v) is 7.30. The minimum absolute atomic E-state index is 0.0897. The van der Waals surface area contributed by atoms with Gasteiger partial charge < -0.3 is 24.1 Å². The van der Waals surface area contributed by atoms with Gasteiger partial charge in [-0.2, -0.15) is 5.26 Å². The van der Waals surface area contributed by atoms with E-state index in [4.69, 9.17) is 18.7 Å². The number of methoxy groups -OCH3 is 1. The molecule has 3 aromatic rings. The van der Waals surface area contributed by atoms with Gasteiger partial charge in [0.1, 0.15) is 36.4 Å². The lowest BCUT2D eigenvalue weighted by Gasteiger charge is -2.13. The Morgan fingerprint density at radius 1 is 1.06 bits per heavy atom. The molecule has 1 amide bonds. The first kappa shape index (κ1) is 23.4. The Balaban J connectivity index is 1.62. The van der Waals surface area contributed by atoms with Gasteiger partial charge in [0.25, 0.3) is 5.91 Å². The smallest absolute Gasteiger partial charge is 0.267 e. The van der Waals surface area contributed by atoms with E-state index in [1.807, 2.05) is 31.2 Å². The third-order valence-corrected chi connectivity index (χ3v) is 4.82. The van der Waals surface area contributed by atoms with Crippen molar-refractivity contribution in [3.05, 3.63) is 70.5 Å². The van der Waals surface area contributed by atoms with Gasteiger partial charge in [0.2, 0.25) is 0 Å². The Morgan fingerprint density at radius 3 is 2.52 bits per heavy atom. The number of anilines is 1. The van der Waals surface area contributed by atoms with Crippen LogP contribution in [0.2, 0.25) is 0 Å². The van der Waals surface area contributed by atoms with Crippen molar-refractivity contribution in [2.24, 2.45) is 0 Å². The van der Waals surface area contributed by atoms with E-state index >= 15 is 0 Å². The second-order valence-electron chi connectivity index (χ2n) is 7.30. The Bertz CT molecular complexity index is 1210. The third-order valence-electron chi connectivity index (χ3n) is 4.82. The highest BCUT2D eigenvalue weighted by Crippen LogP contribution is 2.29. The van der Waals surface area contributed by atoms with Gasteiger partial charge in [-0.15, -0.1) is 0 Å². The summed E-state index contributed by atoms with van der Waals surface area (Å²) in [6.45, 7) is 6.48. The Labute approximate surface area is 192 Å². The summed E-state index contributed by atoms with van der Waals surface area (Å²) in [5.74, 6) is 1.99. The zero-order chi connectivity index (χ0) is 23.8. The van der Waals surface area contributed by atoms with E-state index < -0.39 is 5.91 Å². The van der Waals surface area contributed by atoms with Crippen molar-refractivity contribution in [3.8, 4) is 23.3 Å². The van der Waals surface area contributed by atoms with Gasteiger partial charge >= 0.3 is 0 Å². The number of ether oxygens (including phenoxy) is 3. The summed E-state index contributed by atoms with van der Waals surface area (Å²) < 4.78 is 21.8. The van der Waals surface area contributed by atoms with Gasteiger partial charge in [0.05, 0.1) is 7.11 Å². The fourth-order valence-electron chi connectivity index (χ4n) is 2.93. The van der Waals surface area contributed by atoms with E-state index in [1.54, 1.807) is 31.2 Å². The normalized spacial score (nSPS) is 10.9. The lowest BCUT2D eigenvalue weighted by Crippen LogP contribution is -2.13. The molecule has 0 unspecified atom stereocenters. The fourth-order valence-corrected chi connectivity index (χ4v) is 2.93. The zero-order valence-corrected chi connectivity index (χ0v) is 19.0. The minimum atomic E-state index is -0.589. The van der Waals surface area contributed by atoms with E-state index in [0.717, 1.165) is 5.75 Å². The van der Waals surface area contributed by atoms with Crippen molar-refractivity contribution >= 4 is 17.8 Å². The van der Waals surface area contributed by atoms with Crippen molar-refractivity contribution in [3.63, 3.8) is 0 Å². The molecule has 1 heterocycles. The SMILES string of the molecule is COc1cc(/C=C(/C#N)C(=O)Nc2cc(C)on2)ccc1OCCOc1ccc(C)c(C)c1. The zero-order valence-electron chi connectivity index (χ0n) is 19.0. The van der Waals surface area contributed by atoms with Crippen LogP contribution in [-0.4, -0.2) is 31.4 Å². The Morgan fingerprint density at radius 2 is 1.85 bits per heavy atom. The molecular formula is C25H25N3O5. The fraction of sp³-hybridized carbons (Fsp3) is 0.240. The van der Waals surface area contributed by atoms with Crippen LogP contribution in [0.3, 0.4) is 0 Å². The molecule has 8 heteroatoms. The predicted octanol–water partition coefficient (Wildman–Crippen LogP) is 4.61. The summed E-state index contributed by atoms with van der Waals surface area (Å²) in [7, 11) is 1.52. The van der Waals surface area contributed by atoms with Crippen LogP contribution in [0.15, 0.2) is 52.6 Å². The first-order chi connectivity index (χ1) is 15.9. The van der Waals surface area contributed by atoms with E-state index in [9.17, 15) is 10.1 Å². The summed E-state index contributed by atoms with van der Waals surface area (Å²) in [5.41, 5.74) is 2.89. The van der Waals surface area contributed by atoms with Gasteiger partial charge in [0.15, 0.2) is 17.3 Å². The van der Waals surface area contributed by atoms with Crippen molar-refractivity contribution in [1.29, 1.82) is 5.26 Å².